The first kappa shape index (κ1) is 15.8. The maximum absolute atomic E-state index is 11.7. The molecule has 0 aromatic heterocycles. The van der Waals surface area contributed by atoms with Crippen molar-refractivity contribution in [3.05, 3.63) is 70.1 Å². The van der Waals surface area contributed by atoms with E-state index in [2.05, 4.69) is 36.5 Å². The average Bonchev–Trinajstić information content (AvgIpc) is 2.85. The number of ether oxygens (including phenoxy) is 1. The third-order valence-electron chi connectivity index (χ3n) is 3.32. The van der Waals surface area contributed by atoms with Gasteiger partial charge in [-0.05, 0) is 36.3 Å². The molecule has 1 N–H and O–H groups in total. The number of carbonyl (C=O) groups is 1. The molecule has 0 spiro atoms. The summed E-state index contributed by atoms with van der Waals surface area (Å²) in [7, 11) is 0. The molecule has 0 saturated carbocycles. The zero-order chi connectivity index (χ0) is 16.2. The molecule has 2 aromatic carbocycles. The van der Waals surface area contributed by atoms with Gasteiger partial charge in [0.15, 0.2) is 0 Å². The minimum absolute atomic E-state index is 0.147. The largest absolute Gasteiger partial charge is 0.489 e. The molecule has 3 rings (SSSR count). The van der Waals surface area contributed by atoms with Crippen LogP contribution < -0.4 is 10.1 Å². The maximum Gasteiger partial charge on any atom is 0.263 e. The second-order valence-corrected chi connectivity index (χ2v) is 6.92. The van der Waals surface area contributed by atoms with E-state index in [1.165, 1.54) is 17.3 Å². The molecule has 5 heteroatoms. The van der Waals surface area contributed by atoms with Crippen LogP contribution in [0.4, 0.5) is 0 Å². The molecular weight excluding hydrogens is 326 g/mol. The lowest BCUT2D eigenvalue weighted by molar-refractivity contribution is -0.115. The van der Waals surface area contributed by atoms with Crippen molar-refractivity contribution in [2.45, 2.75) is 13.5 Å². The molecule has 0 aliphatic carbocycles. The minimum Gasteiger partial charge on any atom is -0.489 e. The fraction of sp³-hybridized carbons (Fsp3) is 0.111. The summed E-state index contributed by atoms with van der Waals surface area (Å²) >= 11 is 6.26. The van der Waals surface area contributed by atoms with Crippen molar-refractivity contribution in [3.63, 3.8) is 0 Å². The SMILES string of the molecule is Cc1ccc(COc2cccc(/C=C3\SC(=S)NC3=O)c2)cc1. The molecule has 1 heterocycles. The van der Waals surface area contributed by atoms with Crippen molar-refractivity contribution in [1.29, 1.82) is 0 Å². The molecule has 116 valence electrons. The molecule has 0 bridgehead atoms. The molecule has 0 unspecified atom stereocenters. The fourth-order valence-corrected chi connectivity index (χ4v) is 3.16. The molecule has 0 radical (unpaired) electrons. The Morgan fingerprint density at radius 1 is 1.22 bits per heavy atom. The van der Waals surface area contributed by atoms with Crippen molar-refractivity contribution in [1.82, 2.24) is 5.32 Å². The van der Waals surface area contributed by atoms with Gasteiger partial charge in [-0.1, -0.05) is 65.9 Å². The number of nitrogens with one attached hydrogen (secondary N) is 1. The molecule has 0 atom stereocenters. The van der Waals surface area contributed by atoms with Gasteiger partial charge in [0, 0.05) is 0 Å². The lowest BCUT2D eigenvalue weighted by atomic mass is 10.1. The predicted octanol–water partition coefficient (Wildman–Crippen LogP) is 4.06. The fourth-order valence-electron chi connectivity index (χ4n) is 2.12. The van der Waals surface area contributed by atoms with Crippen LogP contribution in [0.15, 0.2) is 53.4 Å². The number of thiocarbonyl (C=S) groups is 1. The Labute approximate surface area is 144 Å². The summed E-state index contributed by atoms with van der Waals surface area (Å²) < 4.78 is 6.32. The van der Waals surface area contributed by atoms with Crippen LogP contribution in [0.25, 0.3) is 6.08 Å². The number of thioether (sulfide) groups is 1. The Kier molecular flexibility index (Phi) is 4.79. The zero-order valence-corrected chi connectivity index (χ0v) is 14.2. The van der Waals surface area contributed by atoms with E-state index in [1.54, 1.807) is 0 Å². The van der Waals surface area contributed by atoms with Crippen LogP contribution in [0.2, 0.25) is 0 Å². The second-order valence-electron chi connectivity index (χ2n) is 5.20. The highest BCUT2D eigenvalue weighted by Crippen LogP contribution is 2.27. The normalized spacial score (nSPS) is 15.8. The van der Waals surface area contributed by atoms with Crippen molar-refractivity contribution in [2.24, 2.45) is 0 Å². The van der Waals surface area contributed by atoms with Gasteiger partial charge in [-0.25, -0.2) is 0 Å². The van der Waals surface area contributed by atoms with E-state index < -0.39 is 0 Å². The number of rotatable bonds is 4. The van der Waals surface area contributed by atoms with Gasteiger partial charge in [0.05, 0.1) is 4.91 Å². The molecule has 23 heavy (non-hydrogen) atoms. The highest BCUT2D eigenvalue weighted by molar-refractivity contribution is 8.26. The highest BCUT2D eigenvalue weighted by Gasteiger charge is 2.21. The van der Waals surface area contributed by atoms with E-state index in [0.29, 0.717) is 15.8 Å². The molecule has 1 aliphatic heterocycles. The average molecular weight is 341 g/mol. The number of hydrogen-bond acceptors (Lipinski definition) is 4. The number of benzene rings is 2. The molecule has 1 fully saturated rings. The molecule has 1 saturated heterocycles. The standard InChI is InChI=1S/C18H15NO2S2/c1-12-5-7-13(8-6-12)11-21-15-4-2-3-14(9-15)10-16-17(20)19-18(22)23-16/h2-10H,11H2,1H3,(H,19,20,22)/b16-10-. The first-order chi connectivity index (χ1) is 11.1. The second kappa shape index (κ2) is 6.98. The van der Waals surface area contributed by atoms with E-state index in [1.807, 2.05) is 30.3 Å². The Bertz CT molecular complexity index is 782. The van der Waals surface area contributed by atoms with Crippen LogP contribution in [0.1, 0.15) is 16.7 Å². The van der Waals surface area contributed by atoms with Gasteiger partial charge in [0.25, 0.3) is 5.91 Å². The number of aryl methyl sites for hydroxylation is 1. The van der Waals surface area contributed by atoms with E-state index in [0.717, 1.165) is 16.9 Å². The Morgan fingerprint density at radius 3 is 2.70 bits per heavy atom. The maximum atomic E-state index is 11.7. The van der Waals surface area contributed by atoms with Gasteiger partial charge >= 0.3 is 0 Å². The first-order valence-electron chi connectivity index (χ1n) is 7.13. The lowest BCUT2D eigenvalue weighted by Gasteiger charge is -2.07. The zero-order valence-electron chi connectivity index (χ0n) is 12.5. The van der Waals surface area contributed by atoms with Gasteiger partial charge in [-0.3, -0.25) is 4.79 Å². The Hall–Kier alpha value is -2.11. The quantitative estimate of drug-likeness (QED) is 0.672. The van der Waals surface area contributed by atoms with Gasteiger partial charge in [-0.15, -0.1) is 0 Å². The molecule has 1 amide bonds. The summed E-state index contributed by atoms with van der Waals surface area (Å²) in [5.41, 5.74) is 3.26. The van der Waals surface area contributed by atoms with Crippen LogP contribution in [-0.2, 0) is 11.4 Å². The molecule has 1 aliphatic rings. The van der Waals surface area contributed by atoms with Crippen LogP contribution in [-0.4, -0.2) is 10.2 Å². The summed E-state index contributed by atoms with van der Waals surface area (Å²) in [6.07, 6.45) is 1.82. The third kappa shape index (κ3) is 4.21. The van der Waals surface area contributed by atoms with Crippen molar-refractivity contribution in [3.8, 4) is 5.75 Å². The Morgan fingerprint density at radius 2 is 2.00 bits per heavy atom. The topological polar surface area (TPSA) is 38.3 Å². The van der Waals surface area contributed by atoms with Crippen LogP contribution >= 0.6 is 24.0 Å². The summed E-state index contributed by atoms with van der Waals surface area (Å²) in [5, 5.41) is 2.61. The van der Waals surface area contributed by atoms with Gasteiger partial charge < -0.3 is 10.1 Å². The van der Waals surface area contributed by atoms with Crippen LogP contribution in [0.5, 0.6) is 5.75 Å². The number of amides is 1. The smallest absolute Gasteiger partial charge is 0.263 e. The van der Waals surface area contributed by atoms with Gasteiger partial charge in [-0.2, -0.15) is 0 Å². The van der Waals surface area contributed by atoms with Crippen molar-refractivity contribution in [2.75, 3.05) is 0 Å². The van der Waals surface area contributed by atoms with Crippen LogP contribution in [0, 0.1) is 6.92 Å². The predicted molar refractivity (Wildman–Crippen MR) is 98.3 cm³/mol. The van der Waals surface area contributed by atoms with Gasteiger partial charge in [0.1, 0.15) is 16.7 Å². The van der Waals surface area contributed by atoms with E-state index in [-0.39, 0.29) is 5.91 Å². The highest BCUT2D eigenvalue weighted by atomic mass is 32.2. The Balaban J connectivity index is 1.70. The van der Waals surface area contributed by atoms with Crippen LogP contribution in [0.3, 0.4) is 0 Å². The van der Waals surface area contributed by atoms with E-state index in [9.17, 15) is 4.79 Å². The summed E-state index contributed by atoms with van der Waals surface area (Å²) in [6, 6.07) is 15.9. The summed E-state index contributed by atoms with van der Waals surface area (Å²) in [5.74, 6) is 0.622. The molecule has 2 aromatic rings. The monoisotopic (exact) mass is 341 g/mol. The van der Waals surface area contributed by atoms with E-state index in [4.69, 9.17) is 17.0 Å². The van der Waals surface area contributed by atoms with Crippen molar-refractivity contribution < 1.29 is 9.53 Å². The third-order valence-corrected chi connectivity index (χ3v) is 4.49. The summed E-state index contributed by atoms with van der Waals surface area (Å²) in [6.45, 7) is 2.57. The summed E-state index contributed by atoms with van der Waals surface area (Å²) in [4.78, 5) is 12.3. The number of carbonyl (C=O) groups excluding carboxylic acids is 1. The van der Waals surface area contributed by atoms with Crippen molar-refractivity contribution >= 4 is 40.3 Å². The molecule has 3 nitrogen and oxygen atoms in total. The minimum atomic E-state index is -0.147. The number of hydrogen-bond donors (Lipinski definition) is 1. The van der Waals surface area contributed by atoms with Gasteiger partial charge in [0.2, 0.25) is 0 Å². The molecular formula is C18H15NO2S2. The first-order valence-corrected chi connectivity index (χ1v) is 8.36. The lowest BCUT2D eigenvalue weighted by Crippen LogP contribution is -2.17. The van der Waals surface area contributed by atoms with E-state index >= 15 is 0 Å².